The van der Waals surface area contributed by atoms with Crippen molar-refractivity contribution in [2.24, 2.45) is 0 Å². The van der Waals surface area contributed by atoms with Crippen LogP contribution in [0.4, 0.5) is 8.78 Å². The van der Waals surface area contributed by atoms with Gasteiger partial charge in [-0.25, -0.2) is 4.39 Å². The monoisotopic (exact) mass is 508 g/mol. The van der Waals surface area contributed by atoms with Crippen molar-refractivity contribution >= 4 is 0 Å². The Morgan fingerprint density at radius 2 is 1.03 bits per heavy atom. The van der Waals surface area contributed by atoms with Gasteiger partial charge >= 0.3 is 0 Å². The van der Waals surface area contributed by atoms with Gasteiger partial charge in [-0.15, -0.1) is 0 Å². The SMILES string of the molecule is CCCCCCCCCCCCOc1ccc(-c2ccc(-c3ccc(OCCC)c(F)c3F)cc2)cc1. The van der Waals surface area contributed by atoms with E-state index >= 15 is 0 Å². The molecule has 0 N–H and O–H groups in total. The molecule has 0 heterocycles. The third kappa shape index (κ3) is 9.18. The number of rotatable bonds is 17. The summed E-state index contributed by atoms with van der Waals surface area (Å²) < 4.78 is 40.2. The van der Waals surface area contributed by atoms with Crippen molar-refractivity contribution in [2.75, 3.05) is 13.2 Å². The second kappa shape index (κ2) is 16.1. The molecule has 0 amide bonds. The van der Waals surface area contributed by atoms with Gasteiger partial charge < -0.3 is 9.47 Å². The molecule has 0 aliphatic carbocycles. The van der Waals surface area contributed by atoms with Gasteiger partial charge in [0.25, 0.3) is 0 Å². The summed E-state index contributed by atoms with van der Waals surface area (Å²) in [7, 11) is 0. The van der Waals surface area contributed by atoms with Crippen molar-refractivity contribution in [1.82, 2.24) is 0 Å². The minimum atomic E-state index is -0.941. The second-order valence-corrected chi connectivity index (χ2v) is 9.72. The number of benzene rings is 3. The Balaban J connectivity index is 1.43. The predicted molar refractivity (Wildman–Crippen MR) is 150 cm³/mol. The van der Waals surface area contributed by atoms with E-state index in [1.807, 2.05) is 55.5 Å². The number of hydrogen-bond acceptors (Lipinski definition) is 2. The number of unbranched alkanes of at least 4 members (excludes halogenated alkanes) is 9. The van der Waals surface area contributed by atoms with Crippen LogP contribution in [0.15, 0.2) is 60.7 Å². The molecule has 200 valence electrons. The summed E-state index contributed by atoms with van der Waals surface area (Å²) in [6.45, 7) is 5.28. The quantitative estimate of drug-likeness (QED) is 0.169. The van der Waals surface area contributed by atoms with Gasteiger partial charge in [0.2, 0.25) is 5.82 Å². The Hall–Kier alpha value is -2.88. The van der Waals surface area contributed by atoms with Gasteiger partial charge in [-0.1, -0.05) is 108 Å². The molecule has 3 aromatic rings. The van der Waals surface area contributed by atoms with Crippen LogP contribution in [-0.4, -0.2) is 13.2 Å². The van der Waals surface area contributed by atoms with Crippen LogP contribution in [0.1, 0.15) is 84.5 Å². The lowest BCUT2D eigenvalue weighted by atomic mass is 9.99. The third-order valence-corrected chi connectivity index (χ3v) is 6.66. The van der Waals surface area contributed by atoms with Gasteiger partial charge in [0.05, 0.1) is 13.2 Å². The summed E-state index contributed by atoms with van der Waals surface area (Å²) >= 11 is 0. The first kappa shape index (κ1) is 28.7. The maximum absolute atomic E-state index is 14.6. The summed E-state index contributed by atoms with van der Waals surface area (Å²) in [6, 6.07) is 18.6. The summed E-state index contributed by atoms with van der Waals surface area (Å²) in [5, 5.41) is 0. The Bertz CT molecular complexity index is 1050. The summed E-state index contributed by atoms with van der Waals surface area (Å²) in [6.07, 6.45) is 13.9. The lowest BCUT2D eigenvalue weighted by molar-refractivity contribution is 0.295. The van der Waals surface area contributed by atoms with Crippen LogP contribution >= 0.6 is 0 Å². The summed E-state index contributed by atoms with van der Waals surface area (Å²) in [5.41, 5.74) is 2.91. The lowest BCUT2D eigenvalue weighted by Crippen LogP contribution is -2.00. The highest BCUT2D eigenvalue weighted by molar-refractivity contribution is 5.71. The van der Waals surface area contributed by atoms with Crippen LogP contribution in [0, 0.1) is 11.6 Å². The molecule has 0 aliphatic heterocycles. The zero-order chi connectivity index (χ0) is 26.3. The fraction of sp³-hybridized carbons (Fsp3) is 0.455. The molecule has 0 unspecified atom stereocenters. The highest BCUT2D eigenvalue weighted by atomic mass is 19.2. The van der Waals surface area contributed by atoms with Crippen LogP contribution < -0.4 is 9.47 Å². The Labute approximate surface area is 222 Å². The van der Waals surface area contributed by atoms with E-state index in [2.05, 4.69) is 6.92 Å². The van der Waals surface area contributed by atoms with Crippen molar-refractivity contribution in [2.45, 2.75) is 84.5 Å². The molecule has 0 bridgehead atoms. The third-order valence-electron chi connectivity index (χ3n) is 6.66. The highest BCUT2D eigenvalue weighted by Crippen LogP contribution is 2.32. The van der Waals surface area contributed by atoms with E-state index in [1.165, 1.54) is 63.9 Å². The van der Waals surface area contributed by atoms with E-state index in [-0.39, 0.29) is 11.3 Å². The van der Waals surface area contributed by atoms with Crippen LogP contribution in [0.25, 0.3) is 22.3 Å². The van der Waals surface area contributed by atoms with Gasteiger partial charge in [-0.2, -0.15) is 4.39 Å². The van der Waals surface area contributed by atoms with Gasteiger partial charge in [0, 0.05) is 5.56 Å². The molecule has 37 heavy (non-hydrogen) atoms. The molecular weight excluding hydrogens is 466 g/mol. The molecule has 0 aliphatic rings. The maximum Gasteiger partial charge on any atom is 0.201 e. The zero-order valence-corrected chi connectivity index (χ0v) is 22.5. The number of ether oxygens (including phenoxy) is 2. The fourth-order valence-electron chi connectivity index (χ4n) is 4.44. The van der Waals surface area contributed by atoms with E-state index in [0.717, 1.165) is 36.3 Å². The standard InChI is InChI=1S/C33H42F2O2/c1-3-5-6-7-8-9-10-11-12-13-25-36-29-20-18-27(19-21-29)26-14-16-28(17-15-26)30-22-23-31(37-24-4-2)33(35)32(30)34/h14-23H,3-13,24-25H2,1-2H3. The first-order valence-electron chi connectivity index (χ1n) is 14.1. The van der Waals surface area contributed by atoms with Crippen LogP contribution in [0.3, 0.4) is 0 Å². The average Bonchev–Trinajstić information content (AvgIpc) is 2.93. The van der Waals surface area contributed by atoms with Crippen LogP contribution in [0.2, 0.25) is 0 Å². The molecule has 0 radical (unpaired) electrons. The van der Waals surface area contributed by atoms with Crippen molar-refractivity contribution < 1.29 is 18.3 Å². The van der Waals surface area contributed by atoms with E-state index in [1.54, 1.807) is 6.07 Å². The normalized spacial score (nSPS) is 11.0. The first-order chi connectivity index (χ1) is 18.1. The molecule has 0 aromatic heterocycles. The minimum Gasteiger partial charge on any atom is -0.494 e. The Morgan fingerprint density at radius 1 is 0.486 bits per heavy atom. The van der Waals surface area contributed by atoms with E-state index < -0.39 is 11.6 Å². The van der Waals surface area contributed by atoms with Crippen molar-refractivity contribution in [1.29, 1.82) is 0 Å². The van der Waals surface area contributed by atoms with E-state index in [9.17, 15) is 8.78 Å². The molecule has 3 aromatic carbocycles. The molecule has 0 fully saturated rings. The minimum absolute atomic E-state index is 0.0461. The molecule has 0 atom stereocenters. The molecule has 0 spiro atoms. The first-order valence-corrected chi connectivity index (χ1v) is 14.1. The predicted octanol–water partition coefficient (Wildman–Crippen LogP) is 10.4. The molecule has 4 heteroatoms. The van der Waals surface area contributed by atoms with Gasteiger partial charge in [-0.05, 0) is 53.8 Å². The van der Waals surface area contributed by atoms with E-state index in [4.69, 9.17) is 9.47 Å². The average molecular weight is 509 g/mol. The topological polar surface area (TPSA) is 18.5 Å². The molecule has 3 rings (SSSR count). The van der Waals surface area contributed by atoms with Crippen molar-refractivity contribution in [3.05, 3.63) is 72.3 Å². The lowest BCUT2D eigenvalue weighted by Gasteiger charge is -2.11. The van der Waals surface area contributed by atoms with Crippen molar-refractivity contribution in [3.63, 3.8) is 0 Å². The zero-order valence-electron chi connectivity index (χ0n) is 22.5. The Kier molecular flexibility index (Phi) is 12.5. The molecule has 2 nitrogen and oxygen atoms in total. The largest absolute Gasteiger partial charge is 0.494 e. The highest BCUT2D eigenvalue weighted by Gasteiger charge is 2.15. The van der Waals surface area contributed by atoms with Gasteiger partial charge in [0.1, 0.15) is 5.75 Å². The number of hydrogen-bond donors (Lipinski definition) is 0. The smallest absolute Gasteiger partial charge is 0.201 e. The molecule has 0 saturated carbocycles. The maximum atomic E-state index is 14.6. The Morgan fingerprint density at radius 3 is 1.62 bits per heavy atom. The fourth-order valence-corrected chi connectivity index (χ4v) is 4.44. The summed E-state index contributed by atoms with van der Waals surface area (Å²) in [5.74, 6) is -0.997. The van der Waals surface area contributed by atoms with Gasteiger partial charge in [-0.3, -0.25) is 0 Å². The van der Waals surface area contributed by atoms with E-state index in [0.29, 0.717) is 12.2 Å². The van der Waals surface area contributed by atoms with Crippen LogP contribution in [0.5, 0.6) is 11.5 Å². The second-order valence-electron chi connectivity index (χ2n) is 9.72. The van der Waals surface area contributed by atoms with Crippen molar-refractivity contribution in [3.8, 4) is 33.8 Å². The molecule has 0 saturated heterocycles. The van der Waals surface area contributed by atoms with Gasteiger partial charge in [0.15, 0.2) is 11.6 Å². The molecular formula is C33H42F2O2. The number of halogens is 2. The van der Waals surface area contributed by atoms with Crippen LogP contribution in [-0.2, 0) is 0 Å². The summed E-state index contributed by atoms with van der Waals surface area (Å²) in [4.78, 5) is 0.